The Morgan fingerprint density at radius 2 is 1.96 bits per heavy atom. The highest BCUT2D eigenvalue weighted by Gasteiger charge is 2.15. The van der Waals surface area contributed by atoms with Crippen molar-refractivity contribution in [3.63, 3.8) is 0 Å². The third-order valence-corrected chi connectivity index (χ3v) is 3.90. The monoisotopic (exact) mass is 351 g/mol. The Bertz CT molecular complexity index is 797. The lowest BCUT2D eigenvalue weighted by Gasteiger charge is -2.21. The first-order valence-electron chi connectivity index (χ1n) is 8.64. The quantitative estimate of drug-likeness (QED) is 0.778. The summed E-state index contributed by atoms with van der Waals surface area (Å²) in [6, 6.07) is 11.3. The minimum absolute atomic E-state index is 0.0142. The second-order valence-corrected chi connectivity index (χ2v) is 6.32. The van der Waals surface area contributed by atoms with Crippen molar-refractivity contribution in [2.24, 2.45) is 0 Å². The molecule has 0 atom stereocenters. The maximum absolute atomic E-state index is 12.7. The summed E-state index contributed by atoms with van der Waals surface area (Å²) in [6.07, 6.45) is 1.74. The molecule has 0 aliphatic rings. The summed E-state index contributed by atoms with van der Waals surface area (Å²) < 4.78 is 0. The molecule has 136 valence electrons. The van der Waals surface area contributed by atoms with Gasteiger partial charge >= 0.3 is 0 Å². The zero-order valence-electron chi connectivity index (χ0n) is 15.6. The number of likely N-dealkylation sites (N-methyl/N-ethyl adjacent to an activating group) is 1. The van der Waals surface area contributed by atoms with Crippen molar-refractivity contribution in [1.82, 2.24) is 15.2 Å². The molecule has 0 radical (unpaired) electrons. The predicted molar refractivity (Wildman–Crippen MR) is 104 cm³/mol. The van der Waals surface area contributed by atoms with Gasteiger partial charge < -0.3 is 10.2 Å². The van der Waals surface area contributed by atoms with Gasteiger partial charge in [-0.05, 0) is 37.6 Å². The van der Waals surface area contributed by atoms with Gasteiger partial charge in [0.15, 0.2) is 0 Å². The van der Waals surface area contributed by atoms with Crippen molar-refractivity contribution in [3.8, 4) is 11.3 Å². The summed E-state index contributed by atoms with van der Waals surface area (Å²) in [7, 11) is 0. The zero-order valence-corrected chi connectivity index (χ0v) is 15.6. The number of nitrogens with one attached hydrogen (secondary N) is 1. The number of carbonyl (C=O) groups is 2. The van der Waals surface area contributed by atoms with E-state index in [9.17, 15) is 9.59 Å². The first-order valence-corrected chi connectivity index (χ1v) is 8.64. The van der Waals surface area contributed by atoms with Crippen LogP contribution in [0.4, 0.5) is 0 Å². The van der Waals surface area contributed by atoms with Gasteiger partial charge in [0.05, 0.1) is 5.69 Å². The number of amides is 2. The van der Waals surface area contributed by atoms with Gasteiger partial charge in [-0.25, -0.2) is 0 Å². The SMILES string of the molecule is C=C(C)CN(CC)C(=O)c1cccc(-c2ccc(CNC(C)=O)cn2)c1. The average molecular weight is 351 g/mol. The molecule has 2 rings (SSSR count). The normalized spacial score (nSPS) is 10.3. The predicted octanol–water partition coefficient (Wildman–Crippen LogP) is 3.42. The van der Waals surface area contributed by atoms with Gasteiger partial charge in [-0.1, -0.05) is 30.4 Å². The van der Waals surface area contributed by atoms with Crippen molar-refractivity contribution >= 4 is 11.8 Å². The number of aromatic nitrogens is 1. The topological polar surface area (TPSA) is 62.3 Å². The first kappa shape index (κ1) is 19.4. The van der Waals surface area contributed by atoms with Crippen LogP contribution in [0.5, 0.6) is 0 Å². The van der Waals surface area contributed by atoms with Crippen LogP contribution in [0.2, 0.25) is 0 Å². The van der Waals surface area contributed by atoms with E-state index in [2.05, 4.69) is 16.9 Å². The number of pyridine rings is 1. The van der Waals surface area contributed by atoms with Gasteiger partial charge in [-0.2, -0.15) is 0 Å². The molecule has 0 saturated carbocycles. The molecule has 2 aromatic rings. The summed E-state index contributed by atoms with van der Waals surface area (Å²) in [5.41, 5.74) is 4.18. The standard InChI is InChI=1S/C21H25N3O2/c1-5-24(14-15(2)3)21(26)19-8-6-7-18(11-19)20-10-9-17(13-23-20)12-22-16(4)25/h6-11,13H,2,5,12,14H2,1,3-4H3,(H,22,25). The zero-order chi connectivity index (χ0) is 19.1. The van der Waals surface area contributed by atoms with Crippen molar-refractivity contribution < 1.29 is 9.59 Å². The maximum Gasteiger partial charge on any atom is 0.254 e. The van der Waals surface area contributed by atoms with E-state index in [1.807, 2.05) is 50.2 Å². The highest BCUT2D eigenvalue weighted by Crippen LogP contribution is 2.20. The number of benzene rings is 1. The minimum atomic E-state index is -0.0736. The smallest absolute Gasteiger partial charge is 0.254 e. The van der Waals surface area contributed by atoms with E-state index in [-0.39, 0.29) is 11.8 Å². The molecule has 0 aliphatic carbocycles. The Kier molecular flexibility index (Phi) is 6.67. The Hall–Kier alpha value is -2.95. The molecule has 1 aromatic heterocycles. The molecular formula is C21H25N3O2. The molecule has 2 amide bonds. The number of nitrogens with zero attached hydrogens (tertiary/aromatic N) is 2. The lowest BCUT2D eigenvalue weighted by Crippen LogP contribution is -2.32. The van der Waals surface area contributed by atoms with Gasteiger partial charge in [-0.15, -0.1) is 0 Å². The van der Waals surface area contributed by atoms with Crippen LogP contribution in [0.1, 0.15) is 36.7 Å². The van der Waals surface area contributed by atoms with Crippen LogP contribution >= 0.6 is 0 Å². The number of rotatable bonds is 7. The van der Waals surface area contributed by atoms with Gasteiger partial charge in [-0.3, -0.25) is 14.6 Å². The van der Waals surface area contributed by atoms with E-state index in [1.54, 1.807) is 11.1 Å². The number of hydrogen-bond acceptors (Lipinski definition) is 3. The van der Waals surface area contributed by atoms with E-state index in [1.165, 1.54) is 6.92 Å². The largest absolute Gasteiger partial charge is 0.352 e. The Labute approximate surface area is 154 Å². The molecule has 0 spiro atoms. The van der Waals surface area contributed by atoms with Crippen LogP contribution in [-0.2, 0) is 11.3 Å². The first-order chi connectivity index (χ1) is 12.4. The lowest BCUT2D eigenvalue weighted by molar-refractivity contribution is -0.119. The van der Waals surface area contributed by atoms with E-state index in [0.717, 1.165) is 22.4 Å². The van der Waals surface area contributed by atoms with Gasteiger partial charge in [0.25, 0.3) is 5.91 Å². The van der Waals surface area contributed by atoms with Crippen LogP contribution in [0.25, 0.3) is 11.3 Å². The highest BCUT2D eigenvalue weighted by atomic mass is 16.2. The average Bonchev–Trinajstić information content (AvgIpc) is 2.64. The van der Waals surface area contributed by atoms with Crippen LogP contribution in [0.3, 0.4) is 0 Å². The van der Waals surface area contributed by atoms with Crippen molar-refractivity contribution in [2.75, 3.05) is 13.1 Å². The molecule has 0 saturated heterocycles. The van der Waals surface area contributed by atoms with Crippen LogP contribution in [0, 0.1) is 0 Å². The second-order valence-electron chi connectivity index (χ2n) is 6.32. The molecule has 1 N–H and O–H groups in total. The second kappa shape index (κ2) is 8.94. The van der Waals surface area contributed by atoms with Gasteiger partial charge in [0, 0.05) is 43.9 Å². The van der Waals surface area contributed by atoms with Crippen molar-refractivity contribution in [2.45, 2.75) is 27.3 Å². The Morgan fingerprint density at radius 3 is 2.54 bits per heavy atom. The van der Waals surface area contributed by atoms with E-state index in [4.69, 9.17) is 0 Å². The molecule has 0 bridgehead atoms. The molecule has 1 aromatic carbocycles. The molecule has 1 heterocycles. The van der Waals surface area contributed by atoms with Crippen molar-refractivity contribution in [3.05, 3.63) is 65.9 Å². The third kappa shape index (κ3) is 5.28. The Morgan fingerprint density at radius 1 is 1.19 bits per heavy atom. The van der Waals surface area contributed by atoms with E-state index in [0.29, 0.717) is 25.2 Å². The molecule has 0 fully saturated rings. The number of carbonyl (C=O) groups excluding carboxylic acids is 2. The fraction of sp³-hybridized carbons (Fsp3) is 0.286. The fourth-order valence-electron chi connectivity index (χ4n) is 2.57. The van der Waals surface area contributed by atoms with Gasteiger partial charge in [0.1, 0.15) is 0 Å². The van der Waals surface area contributed by atoms with Crippen LogP contribution in [-0.4, -0.2) is 34.8 Å². The summed E-state index contributed by atoms with van der Waals surface area (Å²) in [6.45, 7) is 10.9. The summed E-state index contributed by atoms with van der Waals surface area (Å²) in [4.78, 5) is 29.9. The molecule has 0 aliphatic heterocycles. The molecule has 0 unspecified atom stereocenters. The molecule has 5 nitrogen and oxygen atoms in total. The Balaban J connectivity index is 2.19. The van der Waals surface area contributed by atoms with E-state index < -0.39 is 0 Å². The summed E-state index contributed by atoms with van der Waals surface area (Å²) >= 11 is 0. The molecule has 5 heteroatoms. The van der Waals surface area contributed by atoms with Crippen LogP contribution < -0.4 is 5.32 Å². The van der Waals surface area contributed by atoms with Gasteiger partial charge in [0.2, 0.25) is 5.91 Å². The lowest BCUT2D eigenvalue weighted by atomic mass is 10.1. The third-order valence-electron chi connectivity index (χ3n) is 3.90. The molecular weight excluding hydrogens is 326 g/mol. The summed E-state index contributed by atoms with van der Waals surface area (Å²) in [5.74, 6) is -0.0878. The molecule has 26 heavy (non-hydrogen) atoms. The number of hydrogen-bond donors (Lipinski definition) is 1. The van der Waals surface area contributed by atoms with Crippen molar-refractivity contribution in [1.29, 1.82) is 0 Å². The minimum Gasteiger partial charge on any atom is -0.352 e. The maximum atomic E-state index is 12.7. The van der Waals surface area contributed by atoms with E-state index >= 15 is 0 Å². The summed E-state index contributed by atoms with van der Waals surface area (Å²) in [5, 5.41) is 2.74. The highest BCUT2D eigenvalue weighted by molar-refractivity contribution is 5.95. The fourth-order valence-corrected chi connectivity index (χ4v) is 2.57. The van der Waals surface area contributed by atoms with Crippen LogP contribution in [0.15, 0.2) is 54.7 Å².